The summed E-state index contributed by atoms with van der Waals surface area (Å²) in [7, 11) is 0. The van der Waals surface area contributed by atoms with Gasteiger partial charge in [0.1, 0.15) is 5.75 Å². The van der Waals surface area contributed by atoms with E-state index in [1.807, 2.05) is 0 Å². The maximum Gasteiger partial charge on any atom is 1.00 e. The van der Waals surface area contributed by atoms with Crippen LogP contribution < -0.4 is 56.1 Å². The van der Waals surface area contributed by atoms with Crippen molar-refractivity contribution >= 4 is 6.98 Å². The molecule has 0 aliphatic rings. The zero-order valence-corrected chi connectivity index (χ0v) is 12.3. The average Bonchev–Trinajstić information content (AvgIpc) is 2.16. The molecule has 0 unspecified atom stereocenters. The summed E-state index contributed by atoms with van der Waals surface area (Å²) < 4.78 is 40.6. The van der Waals surface area contributed by atoms with E-state index >= 15 is 0 Å². The maximum atomic E-state index is 12.0. The second kappa shape index (κ2) is 7.55. The Morgan fingerprint density at radius 2 is 1.88 bits per heavy atom. The molecule has 1 aromatic rings. The van der Waals surface area contributed by atoms with Crippen molar-refractivity contribution in [3.05, 3.63) is 42.5 Å². The normalized spacial score (nSPS) is 10.4. The smallest absolute Gasteiger partial charge is 0.521 e. The minimum absolute atomic E-state index is 0. The van der Waals surface area contributed by atoms with Crippen molar-refractivity contribution in [2.24, 2.45) is 0 Å². The van der Waals surface area contributed by atoms with Gasteiger partial charge in [-0.15, -0.1) is 6.58 Å². The van der Waals surface area contributed by atoms with Gasteiger partial charge in [0.15, 0.2) is 0 Å². The van der Waals surface area contributed by atoms with Gasteiger partial charge < -0.3 is 17.7 Å². The maximum absolute atomic E-state index is 12.0. The second-order valence-corrected chi connectivity index (χ2v) is 3.12. The fourth-order valence-corrected chi connectivity index (χ4v) is 1.15. The Labute approximate surface area is 136 Å². The molecule has 0 atom stereocenters. The molecule has 0 fully saturated rings. The molecule has 16 heavy (non-hydrogen) atoms. The first-order valence-electron chi connectivity index (χ1n) is 4.55. The molecular formula is C10H11BF3KO. The number of para-hydroxylation sites is 1. The molecule has 0 N–H and O–H groups in total. The van der Waals surface area contributed by atoms with Gasteiger partial charge in [0.25, 0.3) is 0 Å². The van der Waals surface area contributed by atoms with E-state index in [9.17, 15) is 12.9 Å². The minimum Gasteiger partial charge on any atom is -0.521 e. The SMILES string of the molecule is C=CCc1ccccc1OC[B-](F)(F)F.[K+]. The Bertz CT molecular complexity index is 341. The number of rotatable bonds is 5. The van der Waals surface area contributed by atoms with Crippen LogP contribution in [0.2, 0.25) is 0 Å². The van der Waals surface area contributed by atoms with Crippen LogP contribution in [0.5, 0.6) is 5.75 Å². The van der Waals surface area contributed by atoms with Crippen molar-refractivity contribution in [2.45, 2.75) is 6.42 Å². The molecule has 0 saturated carbocycles. The molecular weight excluding hydrogens is 243 g/mol. The predicted octanol–water partition coefficient (Wildman–Crippen LogP) is 0.185. The Morgan fingerprint density at radius 3 is 2.44 bits per heavy atom. The third kappa shape index (κ3) is 6.10. The van der Waals surface area contributed by atoms with E-state index in [4.69, 9.17) is 4.74 Å². The van der Waals surface area contributed by atoms with E-state index in [0.29, 0.717) is 12.0 Å². The fourth-order valence-electron chi connectivity index (χ4n) is 1.15. The first kappa shape index (κ1) is 16.3. The Balaban J connectivity index is 0.00000225. The molecule has 0 bridgehead atoms. The van der Waals surface area contributed by atoms with E-state index in [1.165, 1.54) is 6.07 Å². The van der Waals surface area contributed by atoms with Gasteiger partial charge in [-0.3, -0.25) is 0 Å². The van der Waals surface area contributed by atoms with Crippen molar-refractivity contribution in [1.29, 1.82) is 0 Å². The molecule has 1 aromatic carbocycles. The molecule has 0 spiro atoms. The number of benzene rings is 1. The number of hydrogen-bond acceptors (Lipinski definition) is 1. The third-order valence-electron chi connectivity index (χ3n) is 1.76. The van der Waals surface area contributed by atoms with Crippen molar-refractivity contribution in [1.82, 2.24) is 0 Å². The van der Waals surface area contributed by atoms with Crippen molar-refractivity contribution in [3.63, 3.8) is 0 Å². The van der Waals surface area contributed by atoms with Crippen LogP contribution in [0, 0.1) is 0 Å². The minimum atomic E-state index is -4.90. The van der Waals surface area contributed by atoms with E-state index in [2.05, 4.69) is 6.58 Å². The number of halogens is 3. The summed E-state index contributed by atoms with van der Waals surface area (Å²) in [5, 5.41) is 0. The third-order valence-corrected chi connectivity index (χ3v) is 1.76. The van der Waals surface area contributed by atoms with E-state index < -0.39 is 13.5 Å². The first-order valence-corrected chi connectivity index (χ1v) is 4.55. The summed E-state index contributed by atoms with van der Waals surface area (Å²) in [4.78, 5) is 0. The summed E-state index contributed by atoms with van der Waals surface area (Å²) in [6.45, 7) is -2.57. The molecule has 1 nitrogen and oxygen atoms in total. The van der Waals surface area contributed by atoms with Gasteiger partial charge in [0.05, 0.1) is 6.51 Å². The molecule has 0 aromatic heterocycles. The largest absolute Gasteiger partial charge is 1.00 e. The van der Waals surface area contributed by atoms with Gasteiger partial charge in [0.2, 0.25) is 0 Å². The fraction of sp³-hybridized carbons (Fsp3) is 0.200. The van der Waals surface area contributed by atoms with E-state index in [1.54, 1.807) is 24.3 Å². The first-order chi connectivity index (χ1) is 7.03. The van der Waals surface area contributed by atoms with Crippen LogP contribution in [-0.4, -0.2) is 13.5 Å². The molecule has 82 valence electrons. The standard InChI is InChI=1S/C10H11BF3O.K/c1-2-5-9-6-3-4-7-10(9)15-8-11(12,13)14;/h2-4,6-7H,1,5,8H2;/q-1;+1. The molecule has 0 saturated heterocycles. The van der Waals surface area contributed by atoms with Gasteiger partial charge in [-0.2, -0.15) is 0 Å². The van der Waals surface area contributed by atoms with Crippen molar-refractivity contribution < 1.29 is 69.1 Å². The van der Waals surface area contributed by atoms with E-state index in [0.717, 1.165) is 0 Å². The van der Waals surface area contributed by atoms with Crippen LogP contribution in [0.4, 0.5) is 12.9 Å². The van der Waals surface area contributed by atoms with Crippen LogP contribution in [-0.2, 0) is 6.42 Å². The second-order valence-electron chi connectivity index (χ2n) is 3.12. The zero-order valence-electron chi connectivity index (χ0n) is 9.13. The molecule has 1 rings (SSSR count). The summed E-state index contributed by atoms with van der Waals surface area (Å²) in [6, 6.07) is 6.65. The summed E-state index contributed by atoms with van der Waals surface area (Å²) in [6.07, 6.45) is 2.13. The van der Waals surface area contributed by atoms with Crippen LogP contribution in [0.15, 0.2) is 36.9 Å². The van der Waals surface area contributed by atoms with Crippen LogP contribution in [0.3, 0.4) is 0 Å². The Hall–Kier alpha value is 0.251. The van der Waals surface area contributed by atoms with Crippen LogP contribution >= 0.6 is 0 Å². The Morgan fingerprint density at radius 1 is 1.25 bits per heavy atom. The topological polar surface area (TPSA) is 9.23 Å². The number of ether oxygens (including phenoxy) is 1. The molecule has 0 aliphatic carbocycles. The van der Waals surface area contributed by atoms with Crippen LogP contribution in [0.25, 0.3) is 0 Å². The van der Waals surface area contributed by atoms with E-state index in [-0.39, 0.29) is 57.1 Å². The van der Waals surface area contributed by atoms with Gasteiger partial charge in [-0.05, 0) is 18.1 Å². The summed E-state index contributed by atoms with van der Waals surface area (Å²) in [5.74, 6) is 0.275. The number of allylic oxidation sites excluding steroid dienone is 1. The Kier molecular flexibility index (Phi) is 7.67. The van der Waals surface area contributed by atoms with Gasteiger partial charge in [-0.1, -0.05) is 24.3 Å². The van der Waals surface area contributed by atoms with Crippen LogP contribution in [0.1, 0.15) is 5.56 Å². The molecule has 0 radical (unpaired) electrons. The quantitative estimate of drug-likeness (QED) is 0.538. The van der Waals surface area contributed by atoms with Gasteiger partial charge in [0, 0.05) is 0 Å². The number of hydrogen-bond donors (Lipinski definition) is 0. The average molecular weight is 254 g/mol. The van der Waals surface area contributed by atoms with Crippen molar-refractivity contribution in [3.8, 4) is 5.75 Å². The van der Waals surface area contributed by atoms with Gasteiger partial charge >= 0.3 is 58.4 Å². The van der Waals surface area contributed by atoms with Crippen molar-refractivity contribution in [2.75, 3.05) is 6.51 Å². The molecule has 6 heteroatoms. The molecule has 0 aliphatic heterocycles. The summed E-state index contributed by atoms with van der Waals surface area (Å²) in [5.41, 5.74) is 0.715. The monoisotopic (exact) mass is 254 g/mol. The van der Waals surface area contributed by atoms with Gasteiger partial charge in [-0.25, -0.2) is 0 Å². The predicted molar refractivity (Wildman–Crippen MR) is 54.9 cm³/mol. The molecule has 0 amide bonds. The molecule has 0 heterocycles. The summed E-state index contributed by atoms with van der Waals surface area (Å²) >= 11 is 0. The zero-order chi connectivity index (χ0) is 11.3.